The van der Waals surface area contributed by atoms with Crippen molar-refractivity contribution < 1.29 is 22.0 Å². The summed E-state index contributed by atoms with van der Waals surface area (Å²) in [5.41, 5.74) is 0.248. The van der Waals surface area contributed by atoms with Crippen LogP contribution in [0.4, 0.5) is 20.2 Å². The van der Waals surface area contributed by atoms with E-state index in [1.165, 1.54) is 18.2 Å². The Balaban J connectivity index is 1.97. The molecular weight excluding hydrogens is 388 g/mol. The molecule has 6 nitrogen and oxygen atoms in total. The fourth-order valence-corrected chi connectivity index (χ4v) is 4.18. The SMILES string of the molecule is CC1=NS(=O)(=O)c2cc(C(=O)Nc3ccc(F)cc3F)ccc2N1CC(C)C. The number of benzene rings is 2. The van der Waals surface area contributed by atoms with Crippen molar-refractivity contribution in [2.75, 3.05) is 16.8 Å². The van der Waals surface area contributed by atoms with Crippen LogP contribution >= 0.6 is 0 Å². The maximum absolute atomic E-state index is 13.8. The van der Waals surface area contributed by atoms with Crippen LogP contribution in [0.15, 0.2) is 45.7 Å². The first-order chi connectivity index (χ1) is 13.1. The Morgan fingerprint density at radius 3 is 2.54 bits per heavy atom. The van der Waals surface area contributed by atoms with Gasteiger partial charge in [0.05, 0.1) is 11.4 Å². The van der Waals surface area contributed by atoms with Gasteiger partial charge in [-0.3, -0.25) is 4.79 Å². The zero-order chi connectivity index (χ0) is 20.6. The van der Waals surface area contributed by atoms with Gasteiger partial charge in [-0.1, -0.05) is 13.8 Å². The van der Waals surface area contributed by atoms with Gasteiger partial charge < -0.3 is 10.2 Å². The zero-order valence-corrected chi connectivity index (χ0v) is 16.3. The second-order valence-electron chi connectivity index (χ2n) is 6.88. The van der Waals surface area contributed by atoms with Crippen molar-refractivity contribution >= 4 is 33.1 Å². The van der Waals surface area contributed by atoms with Crippen LogP contribution in [0.25, 0.3) is 0 Å². The van der Waals surface area contributed by atoms with E-state index in [0.29, 0.717) is 24.1 Å². The third kappa shape index (κ3) is 3.89. The van der Waals surface area contributed by atoms with E-state index in [0.717, 1.165) is 12.1 Å². The van der Waals surface area contributed by atoms with Crippen molar-refractivity contribution in [1.82, 2.24) is 0 Å². The number of carbonyl (C=O) groups excluding carboxylic acids is 1. The van der Waals surface area contributed by atoms with Crippen LogP contribution in [0.1, 0.15) is 31.1 Å². The number of sulfonamides is 1. The maximum Gasteiger partial charge on any atom is 0.286 e. The molecule has 0 unspecified atom stereocenters. The number of fused-ring (bicyclic) bond motifs is 1. The van der Waals surface area contributed by atoms with Crippen molar-refractivity contribution in [3.63, 3.8) is 0 Å². The van der Waals surface area contributed by atoms with Crippen molar-refractivity contribution in [3.8, 4) is 0 Å². The van der Waals surface area contributed by atoms with Crippen LogP contribution in [0.3, 0.4) is 0 Å². The summed E-state index contributed by atoms with van der Waals surface area (Å²) in [6.45, 7) is 6.16. The minimum atomic E-state index is -3.96. The number of amidine groups is 1. The highest BCUT2D eigenvalue weighted by Gasteiger charge is 2.30. The third-order valence-corrected chi connectivity index (χ3v) is 5.55. The summed E-state index contributed by atoms with van der Waals surface area (Å²) in [6, 6.07) is 6.95. The first-order valence-electron chi connectivity index (χ1n) is 8.58. The molecule has 0 spiro atoms. The molecule has 0 bridgehead atoms. The second kappa shape index (κ2) is 7.31. The molecule has 1 heterocycles. The third-order valence-electron chi connectivity index (χ3n) is 4.16. The minimum absolute atomic E-state index is 0.0188. The molecule has 1 aliphatic rings. The smallest absolute Gasteiger partial charge is 0.286 e. The van der Waals surface area contributed by atoms with E-state index in [1.54, 1.807) is 11.8 Å². The molecule has 9 heteroatoms. The summed E-state index contributed by atoms with van der Waals surface area (Å²) in [7, 11) is -3.96. The largest absolute Gasteiger partial charge is 0.328 e. The van der Waals surface area contributed by atoms with Crippen LogP contribution in [-0.4, -0.2) is 26.7 Å². The van der Waals surface area contributed by atoms with Crippen molar-refractivity contribution in [1.29, 1.82) is 0 Å². The molecule has 1 aliphatic heterocycles. The lowest BCUT2D eigenvalue weighted by Gasteiger charge is -2.30. The summed E-state index contributed by atoms with van der Waals surface area (Å²) < 4.78 is 55.5. The molecule has 0 atom stereocenters. The normalized spacial score (nSPS) is 15.2. The average molecular weight is 407 g/mol. The van der Waals surface area contributed by atoms with Gasteiger partial charge in [0.2, 0.25) is 0 Å². The van der Waals surface area contributed by atoms with Gasteiger partial charge in [0.1, 0.15) is 22.4 Å². The van der Waals surface area contributed by atoms with E-state index in [2.05, 4.69) is 9.71 Å². The van der Waals surface area contributed by atoms with E-state index in [4.69, 9.17) is 0 Å². The Bertz CT molecular complexity index is 1080. The number of nitrogens with zero attached hydrogens (tertiary/aromatic N) is 2. The molecule has 0 saturated carbocycles. The highest BCUT2D eigenvalue weighted by molar-refractivity contribution is 7.90. The lowest BCUT2D eigenvalue weighted by Crippen LogP contribution is -2.36. The lowest BCUT2D eigenvalue weighted by molar-refractivity contribution is 0.102. The maximum atomic E-state index is 13.8. The molecule has 1 N–H and O–H groups in total. The molecule has 2 aromatic rings. The van der Waals surface area contributed by atoms with Crippen LogP contribution in [0, 0.1) is 17.6 Å². The Kier molecular flexibility index (Phi) is 5.20. The quantitative estimate of drug-likeness (QED) is 0.836. The Labute approximate surface area is 161 Å². The van der Waals surface area contributed by atoms with E-state index >= 15 is 0 Å². The van der Waals surface area contributed by atoms with E-state index < -0.39 is 27.6 Å². The van der Waals surface area contributed by atoms with Crippen molar-refractivity contribution in [3.05, 3.63) is 53.6 Å². The second-order valence-corrected chi connectivity index (χ2v) is 8.45. The van der Waals surface area contributed by atoms with E-state index in [1.807, 2.05) is 13.8 Å². The molecule has 1 amide bonds. The van der Waals surface area contributed by atoms with Gasteiger partial charge in [0.25, 0.3) is 15.9 Å². The highest BCUT2D eigenvalue weighted by Crippen LogP contribution is 2.33. The Morgan fingerprint density at radius 1 is 1.18 bits per heavy atom. The van der Waals surface area contributed by atoms with Gasteiger partial charge >= 0.3 is 0 Å². The van der Waals surface area contributed by atoms with Crippen molar-refractivity contribution in [2.45, 2.75) is 25.7 Å². The van der Waals surface area contributed by atoms with E-state index in [-0.39, 0.29) is 22.1 Å². The van der Waals surface area contributed by atoms with Gasteiger partial charge in [-0.05, 0) is 43.2 Å². The van der Waals surface area contributed by atoms with Crippen LogP contribution in [-0.2, 0) is 10.0 Å². The minimum Gasteiger partial charge on any atom is -0.328 e. The fourth-order valence-electron chi connectivity index (χ4n) is 2.91. The molecule has 0 radical (unpaired) electrons. The molecule has 28 heavy (non-hydrogen) atoms. The highest BCUT2D eigenvalue weighted by atomic mass is 32.2. The number of anilines is 2. The number of amides is 1. The predicted molar refractivity (Wildman–Crippen MR) is 103 cm³/mol. The number of hydrogen-bond acceptors (Lipinski definition) is 4. The van der Waals surface area contributed by atoms with Gasteiger partial charge in [0.15, 0.2) is 0 Å². The monoisotopic (exact) mass is 407 g/mol. The van der Waals surface area contributed by atoms with Crippen LogP contribution < -0.4 is 10.2 Å². The summed E-state index contributed by atoms with van der Waals surface area (Å²) in [6.07, 6.45) is 0. The number of hydrogen-bond donors (Lipinski definition) is 1. The first kappa shape index (κ1) is 19.9. The molecule has 0 fully saturated rings. The fraction of sp³-hybridized carbons (Fsp3) is 0.263. The number of carbonyl (C=O) groups is 1. The number of halogens is 2. The standard InChI is InChI=1S/C19H19F2N3O3S/c1-11(2)10-24-12(3)23-28(26,27)18-8-13(4-7-17(18)24)19(25)22-16-6-5-14(20)9-15(16)21/h4-9,11H,10H2,1-3H3,(H,22,25). The Hall–Kier alpha value is -2.81. The molecular formula is C19H19F2N3O3S. The first-order valence-corrected chi connectivity index (χ1v) is 10.0. The van der Waals surface area contributed by atoms with Crippen molar-refractivity contribution in [2.24, 2.45) is 10.3 Å². The molecule has 0 saturated heterocycles. The topological polar surface area (TPSA) is 78.8 Å². The van der Waals surface area contributed by atoms with Crippen LogP contribution in [0.2, 0.25) is 0 Å². The molecule has 0 aromatic heterocycles. The van der Waals surface area contributed by atoms with Gasteiger partial charge in [-0.25, -0.2) is 8.78 Å². The van der Waals surface area contributed by atoms with Gasteiger partial charge in [-0.2, -0.15) is 8.42 Å². The van der Waals surface area contributed by atoms with Crippen LogP contribution in [0.5, 0.6) is 0 Å². The molecule has 3 rings (SSSR count). The predicted octanol–water partition coefficient (Wildman–Crippen LogP) is 3.80. The summed E-state index contributed by atoms with van der Waals surface area (Å²) in [4.78, 5) is 14.1. The lowest BCUT2D eigenvalue weighted by atomic mass is 10.1. The number of nitrogens with one attached hydrogen (secondary N) is 1. The summed E-state index contributed by atoms with van der Waals surface area (Å²) in [5, 5.41) is 2.32. The van der Waals surface area contributed by atoms with Gasteiger partial charge in [-0.15, -0.1) is 4.40 Å². The number of rotatable bonds is 4. The summed E-state index contributed by atoms with van der Waals surface area (Å²) >= 11 is 0. The molecule has 0 aliphatic carbocycles. The summed E-state index contributed by atoms with van der Waals surface area (Å²) in [5.74, 6) is -1.81. The molecule has 148 valence electrons. The Morgan fingerprint density at radius 2 is 1.89 bits per heavy atom. The van der Waals surface area contributed by atoms with E-state index in [9.17, 15) is 22.0 Å². The van der Waals surface area contributed by atoms with Gasteiger partial charge in [0, 0.05) is 18.2 Å². The average Bonchev–Trinajstić information content (AvgIpc) is 2.60. The zero-order valence-electron chi connectivity index (χ0n) is 15.5. The molecule has 2 aromatic carbocycles.